The van der Waals surface area contributed by atoms with E-state index in [1.54, 1.807) is 4.90 Å². The summed E-state index contributed by atoms with van der Waals surface area (Å²) in [6.45, 7) is 3.66. The third-order valence-corrected chi connectivity index (χ3v) is 5.31. The van der Waals surface area contributed by atoms with Gasteiger partial charge in [0.2, 0.25) is 5.91 Å². The molecule has 1 aromatic heterocycles. The molecule has 1 unspecified atom stereocenters. The third-order valence-electron chi connectivity index (χ3n) is 5.31. The standard InChI is InChI=1S/C17H25N5O2/c1-20(9-14-10-21(2)17(23)11-24-14)13-7-22(8-13)16-6-5-15(18-19-16)12-3-4-12/h5-6,12-14H,3-4,7-11H2,1-2H3. The van der Waals surface area contributed by atoms with Crippen molar-refractivity contribution in [2.24, 2.45) is 0 Å². The predicted octanol–water partition coefficient (Wildman–Crippen LogP) is 0.332. The molecule has 0 spiro atoms. The van der Waals surface area contributed by atoms with Crippen molar-refractivity contribution >= 4 is 11.7 Å². The number of likely N-dealkylation sites (N-methyl/N-ethyl adjacent to an activating group) is 2. The summed E-state index contributed by atoms with van der Waals surface area (Å²) in [6.07, 6.45) is 2.62. The highest BCUT2D eigenvalue weighted by molar-refractivity contribution is 5.77. The van der Waals surface area contributed by atoms with E-state index in [2.05, 4.69) is 39.2 Å². The summed E-state index contributed by atoms with van der Waals surface area (Å²) in [5.41, 5.74) is 1.14. The summed E-state index contributed by atoms with van der Waals surface area (Å²) in [5, 5.41) is 8.74. The van der Waals surface area contributed by atoms with Crippen molar-refractivity contribution in [1.82, 2.24) is 20.0 Å². The Morgan fingerprint density at radius 2 is 2.04 bits per heavy atom. The Hall–Kier alpha value is -1.73. The van der Waals surface area contributed by atoms with Crippen LogP contribution in [0, 0.1) is 0 Å². The second-order valence-corrected chi connectivity index (χ2v) is 7.30. The average molecular weight is 331 g/mol. The Morgan fingerprint density at radius 1 is 1.25 bits per heavy atom. The molecule has 24 heavy (non-hydrogen) atoms. The maximum atomic E-state index is 11.5. The van der Waals surface area contributed by atoms with Crippen LogP contribution in [0.25, 0.3) is 0 Å². The lowest BCUT2D eigenvalue weighted by molar-refractivity contribution is -0.147. The molecule has 4 rings (SSSR count). The van der Waals surface area contributed by atoms with Crippen LogP contribution in [0.4, 0.5) is 5.82 Å². The number of nitrogens with zero attached hydrogens (tertiary/aromatic N) is 5. The van der Waals surface area contributed by atoms with Crippen LogP contribution < -0.4 is 4.90 Å². The van der Waals surface area contributed by atoms with Gasteiger partial charge >= 0.3 is 0 Å². The van der Waals surface area contributed by atoms with E-state index in [1.165, 1.54) is 12.8 Å². The molecule has 0 radical (unpaired) electrons. The van der Waals surface area contributed by atoms with Crippen molar-refractivity contribution in [1.29, 1.82) is 0 Å². The van der Waals surface area contributed by atoms with Gasteiger partial charge < -0.3 is 14.5 Å². The molecule has 2 saturated heterocycles. The Morgan fingerprint density at radius 3 is 2.67 bits per heavy atom. The SMILES string of the molecule is CN1CC(CN(C)C2CN(c3ccc(C4CC4)nn3)C2)OCC1=O. The fraction of sp³-hybridized carbons (Fsp3) is 0.706. The molecule has 1 amide bonds. The van der Waals surface area contributed by atoms with E-state index in [9.17, 15) is 4.79 Å². The molecular weight excluding hydrogens is 306 g/mol. The fourth-order valence-corrected chi connectivity index (χ4v) is 3.36. The Balaban J connectivity index is 1.25. The maximum absolute atomic E-state index is 11.5. The molecule has 1 aromatic rings. The van der Waals surface area contributed by atoms with Crippen LogP contribution in [0.3, 0.4) is 0 Å². The van der Waals surface area contributed by atoms with Crippen LogP contribution in [-0.4, -0.2) is 84.9 Å². The molecule has 2 aliphatic heterocycles. The molecule has 3 fully saturated rings. The molecule has 7 heteroatoms. The molecule has 7 nitrogen and oxygen atoms in total. The zero-order valence-corrected chi connectivity index (χ0v) is 14.4. The number of anilines is 1. The topological polar surface area (TPSA) is 61.8 Å². The highest BCUT2D eigenvalue weighted by atomic mass is 16.5. The van der Waals surface area contributed by atoms with Crippen LogP contribution in [0.1, 0.15) is 24.5 Å². The first-order valence-electron chi connectivity index (χ1n) is 8.74. The second kappa shape index (κ2) is 6.29. The van der Waals surface area contributed by atoms with Crippen molar-refractivity contribution in [2.45, 2.75) is 30.9 Å². The van der Waals surface area contributed by atoms with Crippen LogP contribution >= 0.6 is 0 Å². The number of aromatic nitrogens is 2. The van der Waals surface area contributed by atoms with Crippen molar-refractivity contribution in [3.05, 3.63) is 17.8 Å². The van der Waals surface area contributed by atoms with Gasteiger partial charge in [-0.05, 0) is 32.0 Å². The lowest BCUT2D eigenvalue weighted by Gasteiger charge is -2.45. The minimum absolute atomic E-state index is 0.0666. The number of ether oxygens (including phenoxy) is 1. The van der Waals surface area contributed by atoms with E-state index < -0.39 is 0 Å². The van der Waals surface area contributed by atoms with Crippen LogP contribution in [0.5, 0.6) is 0 Å². The summed E-state index contributed by atoms with van der Waals surface area (Å²) < 4.78 is 5.63. The number of rotatable bonds is 5. The molecular formula is C17H25N5O2. The van der Waals surface area contributed by atoms with Gasteiger partial charge in [0.15, 0.2) is 5.82 Å². The lowest BCUT2D eigenvalue weighted by Crippen LogP contribution is -2.61. The largest absolute Gasteiger partial charge is 0.365 e. The van der Waals surface area contributed by atoms with Crippen molar-refractivity contribution in [3.8, 4) is 0 Å². The van der Waals surface area contributed by atoms with Crippen molar-refractivity contribution in [2.75, 3.05) is 51.8 Å². The van der Waals surface area contributed by atoms with Crippen LogP contribution in [0.15, 0.2) is 12.1 Å². The monoisotopic (exact) mass is 331 g/mol. The molecule has 0 N–H and O–H groups in total. The Labute approximate surface area is 142 Å². The molecule has 3 aliphatic rings. The quantitative estimate of drug-likeness (QED) is 0.775. The summed E-state index contributed by atoms with van der Waals surface area (Å²) >= 11 is 0. The summed E-state index contributed by atoms with van der Waals surface area (Å²) in [4.78, 5) is 17.8. The smallest absolute Gasteiger partial charge is 0.248 e. The molecule has 3 heterocycles. The molecule has 130 valence electrons. The van der Waals surface area contributed by atoms with Crippen molar-refractivity contribution in [3.63, 3.8) is 0 Å². The van der Waals surface area contributed by atoms with Gasteiger partial charge in [-0.25, -0.2) is 0 Å². The maximum Gasteiger partial charge on any atom is 0.248 e. The normalized spacial score (nSPS) is 25.3. The van der Waals surface area contributed by atoms with Gasteiger partial charge in [-0.2, -0.15) is 5.10 Å². The zero-order valence-electron chi connectivity index (χ0n) is 14.4. The summed E-state index contributed by atoms with van der Waals surface area (Å²) in [5.74, 6) is 1.70. The molecule has 1 saturated carbocycles. The van der Waals surface area contributed by atoms with Gasteiger partial charge in [0, 0.05) is 45.2 Å². The van der Waals surface area contributed by atoms with Crippen LogP contribution in [-0.2, 0) is 9.53 Å². The molecule has 0 aromatic carbocycles. The number of carbonyl (C=O) groups is 1. The van der Waals surface area contributed by atoms with E-state index >= 15 is 0 Å². The Kier molecular flexibility index (Phi) is 4.14. The highest BCUT2D eigenvalue weighted by Crippen LogP contribution is 2.38. The van der Waals surface area contributed by atoms with Gasteiger partial charge in [-0.1, -0.05) is 0 Å². The minimum Gasteiger partial charge on any atom is -0.365 e. The first-order chi connectivity index (χ1) is 11.6. The predicted molar refractivity (Wildman–Crippen MR) is 90.0 cm³/mol. The number of morpholine rings is 1. The third kappa shape index (κ3) is 3.23. The molecule has 1 aliphatic carbocycles. The van der Waals surface area contributed by atoms with Crippen LogP contribution in [0.2, 0.25) is 0 Å². The van der Waals surface area contributed by atoms with Gasteiger partial charge in [-0.15, -0.1) is 5.10 Å². The first kappa shape index (κ1) is 15.8. The fourth-order valence-electron chi connectivity index (χ4n) is 3.36. The Bertz CT molecular complexity index is 598. The minimum atomic E-state index is 0.0666. The number of hydrogen-bond donors (Lipinski definition) is 0. The average Bonchev–Trinajstić information content (AvgIpc) is 3.35. The number of hydrogen-bond acceptors (Lipinski definition) is 6. The van der Waals surface area contributed by atoms with Gasteiger partial charge in [0.05, 0.1) is 11.8 Å². The van der Waals surface area contributed by atoms with Gasteiger partial charge in [-0.3, -0.25) is 9.69 Å². The molecule has 0 bridgehead atoms. The number of carbonyl (C=O) groups excluding carboxylic acids is 1. The van der Waals surface area contributed by atoms with E-state index in [1.807, 2.05) is 7.05 Å². The number of amides is 1. The van der Waals surface area contributed by atoms with E-state index in [4.69, 9.17) is 4.74 Å². The molecule has 1 atom stereocenters. The van der Waals surface area contributed by atoms with Gasteiger partial charge in [0.1, 0.15) is 6.61 Å². The van der Waals surface area contributed by atoms with Crippen molar-refractivity contribution < 1.29 is 9.53 Å². The van der Waals surface area contributed by atoms with E-state index in [-0.39, 0.29) is 18.6 Å². The first-order valence-corrected chi connectivity index (χ1v) is 8.74. The summed E-state index contributed by atoms with van der Waals surface area (Å²) in [7, 11) is 3.97. The second-order valence-electron chi connectivity index (χ2n) is 7.30. The lowest BCUT2D eigenvalue weighted by atomic mass is 10.1. The zero-order chi connectivity index (χ0) is 16.7. The van der Waals surface area contributed by atoms with Gasteiger partial charge in [0.25, 0.3) is 0 Å². The summed E-state index contributed by atoms with van der Waals surface area (Å²) in [6, 6.07) is 4.72. The van der Waals surface area contributed by atoms with E-state index in [0.717, 1.165) is 31.1 Å². The highest BCUT2D eigenvalue weighted by Gasteiger charge is 2.34. The van der Waals surface area contributed by atoms with E-state index in [0.29, 0.717) is 18.5 Å².